The number of aliphatic hydroxyl groups excluding tert-OH is 1. The van der Waals surface area contributed by atoms with Gasteiger partial charge in [-0.3, -0.25) is 14.6 Å². The SMILES string of the molecule is C[C@@H](O)[C@H]1C(=O)N2C(C(=O)O)=C(c3cccc(NC(=O)c4ccncc4)c3)C[C@H]12. The highest BCUT2D eigenvalue weighted by Crippen LogP contribution is 2.47. The van der Waals surface area contributed by atoms with Crippen molar-refractivity contribution in [3.8, 4) is 0 Å². The first-order valence-electron chi connectivity index (χ1n) is 9.18. The lowest BCUT2D eigenvalue weighted by atomic mass is 9.82. The van der Waals surface area contributed by atoms with Gasteiger partial charge in [-0.25, -0.2) is 4.79 Å². The van der Waals surface area contributed by atoms with Crippen molar-refractivity contribution in [2.75, 3.05) is 5.32 Å². The third-order valence-electron chi connectivity index (χ3n) is 5.34. The van der Waals surface area contributed by atoms with Crippen LogP contribution in [0.2, 0.25) is 0 Å². The molecule has 1 saturated heterocycles. The van der Waals surface area contributed by atoms with Gasteiger partial charge in [-0.2, -0.15) is 0 Å². The van der Waals surface area contributed by atoms with E-state index in [0.29, 0.717) is 28.8 Å². The van der Waals surface area contributed by atoms with Gasteiger partial charge in [0.2, 0.25) is 5.91 Å². The number of nitrogens with one attached hydrogen (secondary N) is 1. The second-order valence-corrected chi connectivity index (χ2v) is 7.15. The number of aromatic nitrogens is 1. The van der Waals surface area contributed by atoms with Crippen molar-refractivity contribution in [1.29, 1.82) is 0 Å². The standard InChI is InChI=1S/C21H19N3O5/c1-11(25)17-16-10-15(18(21(28)29)24(16)20(17)27)13-3-2-4-14(9-13)23-19(26)12-5-7-22-8-6-12/h2-9,11,16-17,25H,10H2,1H3,(H,23,26)(H,28,29)/t11-,16-,17-/m1/s1. The number of amides is 2. The number of fused-ring (bicyclic) bond motifs is 1. The van der Waals surface area contributed by atoms with E-state index in [1.165, 1.54) is 24.2 Å². The Kier molecular flexibility index (Phi) is 4.63. The summed E-state index contributed by atoms with van der Waals surface area (Å²) in [6, 6.07) is 9.67. The summed E-state index contributed by atoms with van der Waals surface area (Å²) in [5.74, 6) is -2.47. The molecule has 3 heterocycles. The summed E-state index contributed by atoms with van der Waals surface area (Å²) in [5.41, 5.74) is 2.02. The number of β-lactam (4-membered cyclic amide) rings is 1. The number of carboxylic acid groups (broad SMARTS) is 1. The average Bonchev–Trinajstić information content (AvgIpc) is 3.04. The van der Waals surface area contributed by atoms with Gasteiger partial charge in [0.05, 0.1) is 18.1 Å². The Hall–Kier alpha value is -3.52. The van der Waals surface area contributed by atoms with E-state index < -0.39 is 18.0 Å². The minimum absolute atomic E-state index is 0.0606. The van der Waals surface area contributed by atoms with Crippen molar-refractivity contribution >= 4 is 29.0 Å². The number of aliphatic hydroxyl groups is 1. The largest absolute Gasteiger partial charge is 0.477 e. The Morgan fingerprint density at radius 3 is 2.62 bits per heavy atom. The van der Waals surface area contributed by atoms with Gasteiger partial charge in [-0.15, -0.1) is 0 Å². The van der Waals surface area contributed by atoms with Crippen LogP contribution in [-0.2, 0) is 9.59 Å². The van der Waals surface area contributed by atoms with Crippen LogP contribution in [0.4, 0.5) is 5.69 Å². The predicted molar refractivity (Wildman–Crippen MR) is 104 cm³/mol. The maximum absolute atomic E-state index is 12.4. The van der Waals surface area contributed by atoms with Crippen LogP contribution in [0.3, 0.4) is 0 Å². The molecule has 0 spiro atoms. The minimum Gasteiger partial charge on any atom is -0.477 e. The fourth-order valence-electron chi connectivity index (χ4n) is 4.02. The molecule has 0 radical (unpaired) electrons. The van der Waals surface area contributed by atoms with Gasteiger partial charge in [0, 0.05) is 23.6 Å². The normalized spacial score (nSPS) is 21.4. The number of nitrogens with zero attached hydrogens (tertiary/aromatic N) is 2. The smallest absolute Gasteiger partial charge is 0.352 e. The molecule has 1 fully saturated rings. The summed E-state index contributed by atoms with van der Waals surface area (Å²) >= 11 is 0. The zero-order chi connectivity index (χ0) is 20.7. The molecular weight excluding hydrogens is 374 g/mol. The lowest BCUT2D eigenvalue weighted by Gasteiger charge is -2.44. The minimum atomic E-state index is -1.19. The lowest BCUT2D eigenvalue weighted by Crippen LogP contribution is -2.61. The van der Waals surface area contributed by atoms with Gasteiger partial charge in [-0.05, 0) is 48.7 Å². The fourth-order valence-corrected chi connectivity index (χ4v) is 4.02. The van der Waals surface area contributed by atoms with Crippen LogP contribution in [0, 0.1) is 5.92 Å². The summed E-state index contributed by atoms with van der Waals surface area (Å²) in [5, 5.41) is 22.3. The Labute approximate surface area is 166 Å². The van der Waals surface area contributed by atoms with Gasteiger partial charge in [0.1, 0.15) is 5.70 Å². The molecule has 3 N–H and O–H groups in total. The van der Waals surface area contributed by atoms with Crippen LogP contribution in [0.1, 0.15) is 29.3 Å². The molecule has 2 aliphatic rings. The number of carbonyl (C=O) groups is 3. The molecule has 0 unspecified atom stereocenters. The quantitative estimate of drug-likeness (QED) is 0.666. The molecule has 2 aliphatic heterocycles. The summed E-state index contributed by atoms with van der Waals surface area (Å²) in [6.07, 6.45) is 2.54. The van der Waals surface area contributed by atoms with Crippen LogP contribution >= 0.6 is 0 Å². The van der Waals surface area contributed by atoms with E-state index in [1.54, 1.807) is 36.4 Å². The second-order valence-electron chi connectivity index (χ2n) is 7.15. The van der Waals surface area contributed by atoms with Crippen molar-refractivity contribution in [3.05, 3.63) is 65.6 Å². The molecule has 0 saturated carbocycles. The van der Waals surface area contributed by atoms with Crippen LogP contribution in [-0.4, -0.2) is 50.0 Å². The molecule has 0 bridgehead atoms. The Balaban J connectivity index is 1.63. The number of anilines is 1. The first-order chi connectivity index (χ1) is 13.9. The van der Waals surface area contributed by atoms with Gasteiger partial charge < -0.3 is 20.4 Å². The number of benzene rings is 1. The van der Waals surface area contributed by atoms with Gasteiger partial charge >= 0.3 is 5.97 Å². The molecule has 148 valence electrons. The Morgan fingerprint density at radius 1 is 1.24 bits per heavy atom. The molecule has 4 rings (SSSR count). The summed E-state index contributed by atoms with van der Waals surface area (Å²) in [6.45, 7) is 1.54. The van der Waals surface area contributed by atoms with E-state index in [2.05, 4.69) is 10.3 Å². The van der Waals surface area contributed by atoms with Crippen LogP contribution in [0.15, 0.2) is 54.5 Å². The highest BCUT2D eigenvalue weighted by atomic mass is 16.4. The number of carboxylic acids is 1. The predicted octanol–water partition coefficient (Wildman–Crippen LogP) is 1.74. The number of carbonyl (C=O) groups excluding carboxylic acids is 2. The number of rotatable bonds is 5. The molecule has 8 heteroatoms. The third kappa shape index (κ3) is 3.17. The van der Waals surface area contributed by atoms with E-state index in [0.717, 1.165) is 0 Å². The van der Waals surface area contributed by atoms with Gasteiger partial charge in [0.25, 0.3) is 5.91 Å². The molecular formula is C21H19N3O5. The van der Waals surface area contributed by atoms with E-state index in [1.807, 2.05) is 0 Å². The summed E-state index contributed by atoms with van der Waals surface area (Å²) in [4.78, 5) is 41.7. The van der Waals surface area contributed by atoms with Crippen LogP contribution in [0.25, 0.3) is 5.57 Å². The van der Waals surface area contributed by atoms with Crippen molar-refractivity contribution in [2.45, 2.75) is 25.5 Å². The zero-order valence-electron chi connectivity index (χ0n) is 15.6. The van der Waals surface area contributed by atoms with E-state index in [4.69, 9.17) is 0 Å². The molecule has 2 aromatic rings. The molecule has 29 heavy (non-hydrogen) atoms. The molecule has 0 aliphatic carbocycles. The van der Waals surface area contributed by atoms with E-state index >= 15 is 0 Å². The number of aliphatic carboxylic acids is 1. The highest BCUT2D eigenvalue weighted by Gasteiger charge is 2.56. The second kappa shape index (κ2) is 7.14. The Bertz CT molecular complexity index is 1030. The number of hydrogen-bond acceptors (Lipinski definition) is 5. The van der Waals surface area contributed by atoms with Crippen molar-refractivity contribution in [3.63, 3.8) is 0 Å². The average molecular weight is 393 g/mol. The molecule has 8 nitrogen and oxygen atoms in total. The van der Waals surface area contributed by atoms with E-state index in [9.17, 15) is 24.6 Å². The van der Waals surface area contributed by atoms with E-state index in [-0.39, 0.29) is 23.6 Å². The first kappa shape index (κ1) is 18.8. The van der Waals surface area contributed by atoms with Crippen LogP contribution in [0.5, 0.6) is 0 Å². The number of pyridine rings is 1. The van der Waals surface area contributed by atoms with Crippen molar-refractivity contribution in [2.24, 2.45) is 5.92 Å². The maximum atomic E-state index is 12.4. The van der Waals surface area contributed by atoms with Crippen molar-refractivity contribution in [1.82, 2.24) is 9.88 Å². The molecule has 1 aromatic heterocycles. The maximum Gasteiger partial charge on any atom is 0.352 e. The first-order valence-corrected chi connectivity index (χ1v) is 9.18. The molecule has 1 aromatic carbocycles. The van der Waals surface area contributed by atoms with Gasteiger partial charge in [-0.1, -0.05) is 12.1 Å². The molecule has 2 amide bonds. The highest BCUT2D eigenvalue weighted by molar-refractivity contribution is 6.07. The van der Waals surface area contributed by atoms with Crippen LogP contribution < -0.4 is 5.32 Å². The van der Waals surface area contributed by atoms with Crippen molar-refractivity contribution < 1.29 is 24.6 Å². The number of hydrogen-bond donors (Lipinski definition) is 3. The Morgan fingerprint density at radius 2 is 1.97 bits per heavy atom. The molecule has 3 atom stereocenters. The monoisotopic (exact) mass is 393 g/mol. The lowest BCUT2D eigenvalue weighted by molar-refractivity contribution is -0.161. The summed E-state index contributed by atoms with van der Waals surface area (Å²) < 4.78 is 0. The third-order valence-corrected chi connectivity index (χ3v) is 5.34. The fraction of sp³-hybridized carbons (Fsp3) is 0.238. The van der Waals surface area contributed by atoms with Gasteiger partial charge in [0.15, 0.2) is 0 Å². The zero-order valence-corrected chi connectivity index (χ0v) is 15.6. The summed E-state index contributed by atoms with van der Waals surface area (Å²) in [7, 11) is 0. The topological polar surface area (TPSA) is 120 Å².